The molecule has 7 nitrogen and oxygen atoms in total. The summed E-state index contributed by atoms with van der Waals surface area (Å²) in [6.07, 6.45) is -9.31. The van der Waals surface area contributed by atoms with Crippen LogP contribution in [-0.2, 0) is 4.74 Å². The van der Waals surface area contributed by atoms with Gasteiger partial charge in [0.05, 0.1) is 13.2 Å². The largest absolute Gasteiger partial charge is 0.454 e. The van der Waals surface area contributed by atoms with Gasteiger partial charge < -0.3 is 19.1 Å². The predicted octanol–water partition coefficient (Wildman–Crippen LogP) is 1.59. The molecule has 0 bridgehead atoms. The number of hydrogen-bond acceptors (Lipinski definition) is 7. The Morgan fingerprint density at radius 2 is 1.29 bits per heavy atom. The van der Waals surface area contributed by atoms with Gasteiger partial charge in [0, 0.05) is 13.1 Å². The second kappa shape index (κ2) is 7.23. The summed E-state index contributed by atoms with van der Waals surface area (Å²) in [5, 5.41) is 0. The number of alkyl halides is 6. The van der Waals surface area contributed by atoms with E-state index in [1.807, 2.05) is 0 Å². The van der Waals surface area contributed by atoms with Crippen LogP contribution in [-0.4, -0.2) is 66.8 Å². The fourth-order valence-corrected chi connectivity index (χ4v) is 1.65. The van der Waals surface area contributed by atoms with E-state index in [0.29, 0.717) is 26.3 Å². The minimum atomic E-state index is -4.65. The Morgan fingerprint density at radius 1 is 0.833 bits per heavy atom. The van der Waals surface area contributed by atoms with Crippen molar-refractivity contribution in [2.45, 2.75) is 12.4 Å². The van der Waals surface area contributed by atoms with Gasteiger partial charge in [0.25, 0.3) is 0 Å². The molecule has 2 heterocycles. The monoisotopic (exact) mass is 362 g/mol. The molecule has 2 rings (SSSR count). The summed E-state index contributed by atoms with van der Waals surface area (Å²) in [5.74, 6) is -0.150. The van der Waals surface area contributed by atoms with Crippen molar-refractivity contribution >= 4 is 5.95 Å². The van der Waals surface area contributed by atoms with Crippen LogP contribution in [0.5, 0.6) is 12.0 Å². The molecule has 1 aromatic heterocycles. The van der Waals surface area contributed by atoms with E-state index in [1.165, 1.54) is 4.90 Å². The number of aromatic nitrogens is 3. The van der Waals surface area contributed by atoms with E-state index in [-0.39, 0.29) is 5.95 Å². The van der Waals surface area contributed by atoms with Crippen molar-refractivity contribution in [1.82, 2.24) is 15.0 Å². The summed E-state index contributed by atoms with van der Waals surface area (Å²) < 4.78 is 87.0. The lowest BCUT2D eigenvalue weighted by atomic mass is 10.4. The van der Waals surface area contributed by atoms with Crippen LogP contribution >= 0.6 is 0 Å². The zero-order valence-corrected chi connectivity index (χ0v) is 12.0. The summed E-state index contributed by atoms with van der Waals surface area (Å²) in [6.45, 7) is -2.16. The molecule has 0 unspecified atom stereocenters. The van der Waals surface area contributed by atoms with E-state index in [4.69, 9.17) is 4.74 Å². The van der Waals surface area contributed by atoms with E-state index >= 15 is 0 Å². The number of hydrogen-bond donors (Lipinski definition) is 0. The van der Waals surface area contributed by atoms with E-state index < -0.39 is 37.6 Å². The van der Waals surface area contributed by atoms with Gasteiger partial charge in [-0.25, -0.2) is 0 Å². The number of anilines is 1. The van der Waals surface area contributed by atoms with Crippen LogP contribution in [0.1, 0.15) is 0 Å². The van der Waals surface area contributed by atoms with Crippen molar-refractivity contribution in [3.05, 3.63) is 0 Å². The van der Waals surface area contributed by atoms with Gasteiger partial charge in [-0.2, -0.15) is 36.3 Å². The molecule has 1 aliphatic rings. The summed E-state index contributed by atoms with van der Waals surface area (Å²) in [4.78, 5) is 12.2. The van der Waals surface area contributed by atoms with Crippen LogP contribution in [0, 0.1) is 0 Å². The molecular formula is C11H12F6N4O3. The molecule has 0 saturated carbocycles. The zero-order chi connectivity index (χ0) is 17.8. The van der Waals surface area contributed by atoms with E-state index in [2.05, 4.69) is 24.4 Å². The highest BCUT2D eigenvalue weighted by Crippen LogP contribution is 2.22. The molecule has 13 heteroatoms. The number of rotatable bonds is 5. The molecule has 0 aliphatic carbocycles. The summed E-state index contributed by atoms with van der Waals surface area (Å²) in [7, 11) is 0. The van der Waals surface area contributed by atoms with Gasteiger partial charge in [-0.05, 0) is 0 Å². The van der Waals surface area contributed by atoms with E-state index in [1.54, 1.807) is 0 Å². The van der Waals surface area contributed by atoms with Gasteiger partial charge in [-0.15, -0.1) is 4.98 Å². The Labute approximate surface area is 131 Å². The summed E-state index contributed by atoms with van der Waals surface area (Å²) in [5.41, 5.74) is 0. The molecule has 136 valence electrons. The van der Waals surface area contributed by atoms with Crippen molar-refractivity contribution in [2.75, 3.05) is 44.4 Å². The van der Waals surface area contributed by atoms with Crippen LogP contribution in [0.15, 0.2) is 0 Å². The predicted molar refractivity (Wildman–Crippen MR) is 66.0 cm³/mol. The Hall–Kier alpha value is -2.05. The molecule has 0 radical (unpaired) electrons. The van der Waals surface area contributed by atoms with Crippen LogP contribution in [0.4, 0.5) is 32.3 Å². The first kappa shape index (κ1) is 18.3. The fourth-order valence-electron chi connectivity index (χ4n) is 1.65. The molecule has 0 N–H and O–H groups in total. The van der Waals surface area contributed by atoms with Gasteiger partial charge in [-0.3, -0.25) is 0 Å². The molecule has 1 fully saturated rings. The van der Waals surface area contributed by atoms with Crippen molar-refractivity contribution < 1.29 is 40.6 Å². The average molecular weight is 362 g/mol. The molecule has 0 aromatic carbocycles. The summed E-state index contributed by atoms with van der Waals surface area (Å²) in [6, 6.07) is -1.55. The standard InChI is InChI=1S/C11H12F6N4O3/c12-10(13,14)5-23-8-18-7(21-1-3-22-4-2-21)19-9(20-8)24-6-11(15,16)17/h1-6H2. The van der Waals surface area contributed by atoms with Gasteiger partial charge in [0.15, 0.2) is 13.2 Å². The Morgan fingerprint density at radius 3 is 1.71 bits per heavy atom. The topological polar surface area (TPSA) is 69.6 Å². The highest BCUT2D eigenvalue weighted by molar-refractivity contribution is 5.32. The van der Waals surface area contributed by atoms with Crippen LogP contribution in [0.25, 0.3) is 0 Å². The van der Waals surface area contributed by atoms with Gasteiger partial charge in [-0.1, -0.05) is 0 Å². The first-order valence-corrected chi connectivity index (χ1v) is 6.60. The SMILES string of the molecule is FC(F)(F)COc1nc(OCC(F)(F)F)nc(N2CCOCC2)n1. The smallest absolute Gasteiger partial charge is 0.422 e. The third kappa shape index (κ3) is 6.22. The van der Waals surface area contributed by atoms with Crippen molar-refractivity contribution in [1.29, 1.82) is 0 Å². The maximum Gasteiger partial charge on any atom is 0.422 e. The maximum absolute atomic E-state index is 12.2. The third-order valence-electron chi connectivity index (χ3n) is 2.61. The lowest BCUT2D eigenvalue weighted by Gasteiger charge is -2.26. The lowest BCUT2D eigenvalue weighted by molar-refractivity contribution is -0.156. The third-order valence-corrected chi connectivity index (χ3v) is 2.61. The normalized spacial score (nSPS) is 16.2. The van der Waals surface area contributed by atoms with Gasteiger partial charge in [0.1, 0.15) is 0 Å². The number of halogens is 6. The second-order valence-electron chi connectivity index (χ2n) is 4.61. The molecule has 0 amide bonds. The highest BCUT2D eigenvalue weighted by Gasteiger charge is 2.31. The first-order chi connectivity index (χ1) is 11.1. The van der Waals surface area contributed by atoms with Gasteiger partial charge in [0.2, 0.25) is 5.95 Å². The second-order valence-corrected chi connectivity index (χ2v) is 4.61. The molecule has 0 spiro atoms. The quantitative estimate of drug-likeness (QED) is 0.737. The first-order valence-electron chi connectivity index (χ1n) is 6.60. The fraction of sp³-hybridized carbons (Fsp3) is 0.727. The van der Waals surface area contributed by atoms with Crippen molar-refractivity contribution in [3.63, 3.8) is 0 Å². The molecule has 1 aliphatic heterocycles. The van der Waals surface area contributed by atoms with Crippen molar-refractivity contribution in [3.8, 4) is 12.0 Å². The van der Waals surface area contributed by atoms with Crippen LogP contribution in [0.3, 0.4) is 0 Å². The Balaban J connectivity index is 2.18. The molecule has 24 heavy (non-hydrogen) atoms. The molecule has 1 aromatic rings. The highest BCUT2D eigenvalue weighted by atomic mass is 19.4. The zero-order valence-electron chi connectivity index (χ0n) is 12.0. The lowest BCUT2D eigenvalue weighted by Crippen LogP contribution is -2.37. The minimum Gasteiger partial charge on any atom is -0.454 e. The van der Waals surface area contributed by atoms with Crippen molar-refractivity contribution in [2.24, 2.45) is 0 Å². The van der Waals surface area contributed by atoms with Crippen LogP contribution in [0.2, 0.25) is 0 Å². The Bertz CT molecular complexity index is 511. The van der Waals surface area contributed by atoms with E-state index in [0.717, 1.165) is 0 Å². The van der Waals surface area contributed by atoms with E-state index in [9.17, 15) is 26.3 Å². The van der Waals surface area contributed by atoms with Crippen LogP contribution < -0.4 is 14.4 Å². The number of ether oxygens (including phenoxy) is 3. The molecular weight excluding hydrogens is 350 g/mol. The number of morpholine rings is 1. The molecule has 0 atom stereocenters. The minimum absolute atomic E-state index is 0.150. The Kier molecular flexibility index (Phi) is 5.51. The molecule has 1 saturated heterocycles. The maximum atomic E-state index is 12.2. The van der Waals surface area contributed by atoms with Gasteiger partial charge >= 0.3 is 24.4 Å². The number of nitrogens with zero attached hydrogens (tertiary/aromatic N) is 4. The average Bonchev–Trinajstić information content (AvgIpc) is 2.50. The summed E-state index contributed by atoms with van der Waals surface area (Å²) >= 11 is 0.